The molecule has 2 N–H and O–H groups in total. The van der Waals surface area contributed by atoms with Gasteiger partial charge in [0.2, 0.25) is 11.8 Å². The molecule has 0 aliphatic carbocycles. The van der Waals surface area contributed by atoms with Gasteiger partial charge < -0.3 is 20.4 Å². The monoisotopic (exact) mass is 401 g/mol. The molecule has 3 rings (SSSR count). The quantitative estimate of drug-likeness (QED) is 0.700. The fraction of sp³-hybridized carbons (Fsp3) is 0.571. The molecule has 2 aliphatic heterocycles. The lowest BCUT2D eigenvalue weighted by molar-refractivity contribution is -0.125. The molecule has 2 fully saturated rings. The van der Waals surface area contributed by atoms with Crippen molar-refractivity contribution in [3.8, 4) is 0 Å². The molecule has 158 valence electrons. The first-order valence-corrected chi connectivity index (χ1v) is 10.4. The molecule has 29 heavy (non-hydrogen) atoms. The lowest BCUT2D eigenvalue weighted by atomic mass is 10.1. The maximum atomic E-state index is 12.8. The predicted octanol–water partition coefficient (Wildman–Crippen LogP) is 0.615. The Morgan fingerprint density at radius 2 is 1.93 bits per heavy atom. The fourth-order valence-electron chi connectivity index (χ4n) is 3.76. The number of rotatable bonds is 7. The third-order valence-electron chi connectivity index (χ3n) is 5.42. The van der Waals surface area contributed by atoms with Crippen molar-refractivity contribution in [1.29, 1.82) is 0 Å². The number of piperazine rings is 1. The predicted molar refractivity (Wildman–Crippen MR) is 112 cm³/mol. The molecule has 0 saturated carbocycles. The summed E-state index contributed by atoms with van der Waals surface area (Å²) in [6, 6.07) is 7.02. The maximum absolute atomic E-state index is 12.8. The highest BCUT2D eigenvalue weighted by atomic mass is 16.2. The zero-order valence-electron chi connectivity index (χ0n) is 17.2. The molecule has 0 atom stereocenters. The Balaban J connectivity index is 1.50. The first kappa shape index (κ1) is 21.3. The van der Waals surface area contributed by atoms with E-state index in [0.29, 0.717) is 30.9 Å². The molecule has 0 bridgehead atoms. The van der Waals surface area contributed by atoms with E-state index in [-0.39, 0.29) is 30.8 Å². The van der Waals surface area contributed by atoms with Crippen LogP contribution in [0.15, 0.2) is 24.3 Å². The summed E-state index contributed by atoms with van der Waals surface area (Å²) in [5.74, 6) is -0.308. The molecule has 2 saturated heterocycles. The van der Waals surface area contributed by atoms with E-state index in [1.54, 1.807) is 34.1 Å². The van der Waals surface area contributed by atoms with Gasteiger partial charge in [0.1, 0.15) is 0 Å². The zero-order chi connectivity index (χ0) is 20.6. The number of hydrogen-bond donors (Lipinski definition) is 2. The average Bonchev–Trinajstić information content (AvgIpc) is 2.72. The van der Waals surface area contributed by atoms with Crippen molar-refractivity contribution in [3.05, 3.63) is 29.8 Å². The van der Waals surface area contributed by atoms with Crippen molar-refractivity contribution in [3.63, 3.8) is 0 Å². The van der Waals surface area contributed by atoms with Gasteiger partial charge >= 0.3 is 0 Å². The third-order valence-corrected chi connectivity index (χ3v) is 5.42. The largest absolute Gasteiger partial charge is 0.354 e. The summed E-state index contributed by atoms with van der Waals surface area (Å²) < 4.78 is 0. The molecule has 0 spiro atoms. The van der Waals surface area contributed by atoms with E-state index < -0.39 is 0 Å². The van der Waals surface area contributed by atoms with Gasteiger partial charge in [-0.1, -0.05) is 12.5 Å². The highest BCUT2D eigenvalue weighted by molar-refractivity contribution is 5.97. The summed E-state index contributed by atoms with van der Waals surface area (Å²) in [7, 11) is 1.82. The van der Waals surface area contributed by atoms with Crippen molar-refractivity contribution in [1.82, 2.24) is 20.0 Å². The van der Waals surface area contributed by atoms with Crippen LogP contribution in [0.4, 0.5) is 5.69 Å². The lowest BCUT2D eigenvalue weighted by Gasteiger charge is -2.28. The minimum absolute atomic E-state index is 0.0502. The summed E-state index contributed by atoms with van der Waals surface area (Å²) in [4.78, 5) is 42.4. The van der Waals surface area contributed by atoms with Gasteiger partial charge in [-0.2, -0.15) is 0 Å². The molecule has 0 unspecified atom stereocenters. The number of carbonyl (C=O) groups excluding carboxylic acids is 3. The lowest BCUT2D eigenvalue weighted by Crippen LogP contribution is -2.49. The maximum Gasteiger partial charge on any atom is 0.253 e. The minimum atomic E-state index is -0.192. The zero-order valence-corrected chi connectivity index (χ0v) is 17.2. The molecule has 0 aromatic heterocycles. The average molecular weight is 402 g/mol. The van der Waals surface area contributed by atoms with E-state index in [9.17, 15) is 14.4 Å². The Labute approximate surface area is 172 Å². The van der Waals surface area contributed by atoms with Crippen LogP contribution < -0.4 is 10.6 Å². The molecule has 2 heterocycles. The number of amides is 3. The number of nitrogens with zero attached hydrogens (tertiary/aromatic N) is 3. The van der Waals surface area contributed by atoms with E-state index in [1.807, 2.05) is 7.05 Å². The van der Waals surface area contributed by atoms with Crippen LogP contribution in [0.25, 0.3) is 0 Å². The van der Waals surface area contributed by atoms with Gasteiger partial charge in [-0.3, -0.25) is 19.3 Å². The summed E-state index contributed by atoms with van der Waals surface area (Å²) in [6.07, 6.45) is 3.78. The Morgan fingerprint density at radius 1 is 1.14 bits per heavy atom. The van der Waals surface area contributed by atoms with Gasteiger partial charge in [-0.05, 0) is 44.1 Å². The normalized spacial score (nSPS) is 18.2. The van der Waals surface area contributed by atoms with E-state index >= 15 is 0 Å². The van der Waals surface area contributed by atoms with Crippen molar-refractivity contribution < 1.29 is 14.4 Å². The van der Waals surface area contributed by atoms with E-state index in [1.165, 1.54) is 19.3 Å². The van der Waals surface area contributed by atoms with Gasteiger partial charge in [-0.15, -0.1) is 0 Å². The summed E-state index contributed by atoms with van der Waals surface area (Å²) >= 11 is 0. The van der Waals surface area contributed by atoms with Crippen LogP contribution in [0.2, 0.25) is 0 Å². The van der Waals surface area contributed by atoms with Crippen molar-refractivity contribution in [2.75, 3.05) is 64.7 Å². The van der Waals surface area contributed by atoms with E-state index in [0.717, 1.165) is 19.6 Å². The van der Waals surface area contributed by atoms with Gasteiger partial charge in [0.15, 0.2) is 0 Å². The van der Waals surface area contributed by atoms with Crippen LogP contribution in [0, 0.1) is 0 Å². The van der Waals surface area contributed by atoms with Gasteiger partial charge in [-0.25, -0.2) is 0 Å². The van der Waals surface area contributed by atoms with Gasteiger partial charge in [0.25, 0.3) is 5.91 Å². The van der Waals surface area contributed by atoms with Crippen molar-refractivity contribution >= 4 is 23.4 Å². The van der Waals surface area contributed by atoms with Gasteiger partial charge in [0, 0.05) is 44.5 Å². The molecule has 8 nitrogen and oxygen atoms in total. The van der Waals surface area contributed by atoms with Crippen LogP contribution in [-0.4, -0.2) is 91.8 Å². The Morgan fingerprint density at radius 3 is 2.69 bits per heavy atom. The Bertz CT molecular complexity index is 733. The fourth-order valence-corrected chi connectivity index (χ4v) is 3.76. The highest BCUT2D eigenvalue weighted by Crippen LogP contribution is 2.13. The van der Waals surface area contributed by atoms with Crippen LogP contribution in [0.5, 0.6) is 0 Å². The molecule has 1 aromatic carbocycles. The smallest absolute Gasteiger partial charge is 0.253 e. The number of likely N-dealkylation sites (tertiary alicyclic amines) is 1. The topological polar surface area (TPSA) is 85.0 Å². The van der Waals surface area contributed by atoms with Crippen molar-refractivity contribution in [2.24, 2.45) is 0 Å². The molecular formula is C21H31N5O3. The number of carbonyl (C=O) groups is 3. The van der Waals surface area contributed by atoms with Crippen LogP contribution in [0.1, 0.15) is 29.6 Å². The highest BCUT2D eigenvalue weighted by Gasteiger charge is 2.19. The Hall–Kier alpha value is -2.45. The number of hydrogen-bond acceptors (Lipinski definition) is 5. The number of benzene rings is 1. The van der Waals surface area contributed by atoms with E-state index in [4.69, 9.17) is 0 Å². The number of likely N-dealkylation sites (N-methyl/N-ethyl adjacent to an activating group) is 1. The summed E-state index contributed by atoms with van der Waals surface area (Å²) in [5, 5.41) is 5.57. The standard InChI is InChI=1S/C21H31N5O3/c1-24(12-13-25-9-3-2-4-10-25)21(29)17-6-5-7-18(14-17)23-20(28)16-26-11-8-22-19(27)15-26/h5-7,14H,2-4,8-13,15-16H2,1H3,(H,22,27)(H,23,28). The third kappa shape index (κ3) is 6.54. The molecule has 2 aliphatic rings. The molecule has 8 heteroatoms. The first-order chi connectivity index (χ1) is 14.0. The Kier molecular flexibility index (Phi) is 7.60. The van der Waals surface area contributed by atoms with Crippen LogP contribution in [-0.2, 0) is 9.59 Å². The number of nitrogens with one attached hydrogen (secondary N) is 2. The molecule has 0 radical (unpaired) electrons. The minimum Gasteiger partial charge on any atom is -0.354 e. The first-order valence-electron chi connectivity index (χ1n) is 10.4. The van der Waals surface area contributed by atoms with E-state index in [2.05, 4.69) is 15.5 Å². The molecule has 1 aromatic rings. The number of piperidine rings is 1. The number of anilines is 1. The van der Waals surface area contributed by atoms with Crippen LogP contribution >= 0.6 is 0 Å². The molecule has 3 amide bonds. The second kappa shape index (κ2) is 10.4. The van der Waals surface area contributed by atoms with Gasteiger partial charge in [0.05, 0.1) is 13.1 Å². The second-order valence-corrected chi connectivity index (χ2v) is 7.82. The van der Waals surface area contributed by atoms with Crippen LogP contribution in [0.3, 0.4) is 0 Å². The summed E-state index contributed by atoms with van der Waals surface area (Å²) in [5.41, 5.74) is 1.15. The summed E-state index contributed by atoms with van der Waals surface area (Å²) in [6.45, 7) is 5.40. The van der Waals surface area contributed by atoms with Crippen molar-refractivity contribution in [2.45, 2.75) is 19.3 Å². The second-order valence-electron chi connectivity index (χ2n) is 7.82. The molecular weight excluding hydrogens is 370 g/mol. The SMILES string of the molecule is CN(CCN1CCCCC1)C(=O)c1cccc(NC(=O)CN2CCNC(=O)C2)c1.